The minimum atomic E-state index is 0.0700. The maximum Gasteiger partial charge on any atom is 0.211 e. The molecule has 0 atom stereocenters. The number of nitrogens with zero attached hydrogens (tertiary/aromatic N) is 1. The van der Waals surface area contributed by atoms with E-state index in [9.17, 15) is 5.11 Å². The summed E-state index contributed by atoms with van der Waals surface area (Å²) in [6.45, 7) is 3.69. The molecule has 0 radical (unpaired) electrons. The van der Waals surface area contributed by atoms with Gasteiger partial charge in [-0.05, 0) is 18.1 Å². The second-order valence-corrected chi connectivity index (χ2v) is 3.15. The third-order valence-corrected chi connectivity index (χ3v) is 2.15. The number of aromatic nitrogens is 1. The van der Waals surface area contributed by atoms with Gasteiger partial charge < -0.3 is 5.11 Å². The van der Waals surface area contributed by atoms with Crippen LogP contribution in [-0.4, -0.2) is 10.1 Å². The van der Waals surface area contributed by atoms with E-state index >= 15 is 0 Å². The molecule has 2 aromatic rings. The van der Waals surface area contributed by atoms with Gasteiger partial charge in [-0.1, -0.05) is 24.3 Å². The highest BCUT2D eigenvalue weighted by atomic mass is 16.3. The normalized spacial score (nSPS) is 10.3. The molecule has 14 heavy (non-hydrogen) atoms. The first kappa shape index (κ1) is 8.75. The van der Waals surface area contributed by atoms with Crippen molar-refractivity contribution in [1.82, 2.24) is 4.98 Å². The Morgan fingerprint density at radius 1 is 1.36 bits per heavy atom. The van der Waals surface area contributed by atoms with Crippen LogP contribution in [0.3, 0.4) is 0 Å². The molecule has 0 aliphatic rings. The number of pyridine rings is 1. The number of hydrogen-bond donors (Lipinski definition) is 1. The molecule has 0 saturated carbocycles. The SMILES string of the molecule is C=CCc1cc(O)nc2ccccc12. The first-order valence-electron chi connectivity index (χ1n) is 4.50. The molecule has 0 spiro atoms. The zero-order valence-electron chi connectivity index (χ0n) is 7.77. The van der Waals surface area contributed by atoms with Gasteiger partial charge in [0.15, 0.2) is 0 Å². The number of allylic oxidation sites excluding steroid dienone is 1. The Kier molecular flexibility index (Phi) is 2.19. The van der Waals surface area contributed by atoms with E-state index < -0.39 is 0 Å². The monoisotopic (exact) mass is 185 g/mol. The van der Waals surface area contributed by atoms with Gasteiger partial charge in [0.05, 0.1) is 5.52 Å². The molecule has 0 bridgehead atoms. The van der Waals surface area contributed by atoms with Gasteiger partial charge in [0.25, 0.3) is 0 Å². The number of para-hydroxylation sites is 1. The van der Waals surface area contributed by atoms with Crippen LogP contribution in [0.5, 0.6) is 5.88 Å². The van der Waals surface area contributed by atoms with Crippen LogP contribution in [0.25, 0.3) is 10.9 Å². The summed E-state index contributed by atoms with van der Waals surface area (Å²) in [6.07, 6.45) is 2.57. The maximum absolute atomic E-state index is 9.39. The average Bonchev–Trinajstić information content (AvgIpc) is 2.18. The number of rotatable bonds is 2. The van der Waals surface area contributed by atoms with Gasteiger partial charge in [0, 0.05) is 11.5 Å². The maximum atomic E-state index is 9.39. The molecule has 0 unspecified atom stereocenters. The van der Waals surface area contributed by atoms with Crippen molar-refractivity contribution in [2.45, 2.75) is 6.42 Å². The highest BCUT2D eigenvalue weighted by Gasteiger charge is 2.02. The zero-order valence-corrected chi connectivity index (χ0v) is 7.77. The summed E-state index contributed by atoms with van der Waals surface area (Å²) >= 11 is 0. The zero-order chi connectivity index (χ0) is 9.97. The van der Waals surface area contributed by atoms with Gasteiger partial charge in [-0.25, -0.2) is 4.98 Å². The standard InChI is InChI=1S/C12H11NO/c1-2-5-9-8-12(14)13-11-7-4-3-6-10(9)11/h2-4,6-8H,1,5H2,(H,13,14). The second kappa shape index (κ2) is 3.50. The quantitative estimate of drug-likeness (QED) is 0.729. The van der Waals surface area contributed by atoms with E-state index in [0.717, 1.165) is 22.9 Å². The molecule has 2 nitrogen and oxygen atoms in total. The van der Waals surface area contributed by atoms with Crippen molar-refractivity contribution in [2.24, 2.45) is 0 Å². The fourth-order valence-corrected chi connectivity index (χ4v) is 1.56. The Labute approximate surface area is 82.5 Å². The van der Waals surface area contributed by atoms with Crippen LogP contribution >= 0.6 is 0 Å². The number of benzene rings is 1. The van der Waals surface area contributed by atoms with E-state index in [2.05, 4.69) is 11.6 Å². The molecular formula is C12H11NO. The Balaban J connectivity index is 2.73. The highest BCUT2D eigenvalue weighted by molar-refractivity contribution is 5.82. The van der Waals surface area contributed by atoms with E-state index in [-0.39, 0.29) is 5.88 Å². The Morgan fingerprint density at radius 3 is 2.93 bits per heavy atom. The second-order valence-electron chi connectivity index (χ2n) is 3.15. The lowest BCUT2D eigenvalue weighted by molar-refractivity contribution is 0.455. The van der Waals surface area contributed by atoms with E-state index in [1.165, 1.54) is 0 Å². The van der Waals surface area contributed by atoms with Gasteiger partial charge >= 0.3 is 0 Å². The van der Waals surface area contributed by atoms with Crippen molar-refractivity contribution in [3.8, 4) is 5.88 Å². The van der Waals surface area contributed by atoms with Crippen molar-refractivity contribution in [3.05, 3.63) is 48.6 Å². The molecule has 0 saturated heterocycles. The van der Waals surface area contributed by atoms with Gasteiger partial charge in [-0.3, -0.25) is 0 Å². The minimum absolute atomic E-state index is 0.0700. The minimum Gasteiger partial charge on any atom is -0.493 e. The first-order valence-corrected chi connectivity index (χ1v) is 4.50. The summed E-state index contributed by atoms with van der Waals surface area (Å²) in [7, 11) is 0. The molecule has 1 heterocycles. The van der Waals surface area contributed by atoms with E-state index in [1.54, 1.807) is 6.07 Å². The smallest absolute Gasteiger partial charge is 0.211 e. The van der Waals surface area contributed by atoms with E-state index in [4.69, 9.17) is 0 Å². The Morgan fingerprint density at radius 2 is 2.14 bits per heavy atom. The van der Waals surface area contributed by atoms with Crippen LogP contribution < -0.4 is 0 Å². The van der Waals surface area contributed by atoms with Crippen LogP contribution in [0, 0.1) is 0 Å². The van der Waals surface area contributed by atoms with E-state index in [0.29, 0.717) is 0 Å². The summed E-state index contributed by atoms with van der Waals surface area (Å²) in [5.74, 6) is 0.0700. The molecule has 0 fully saturated rings. The molecule has 1 aromatic carbocycles. The molecule has 0 amide bonds. The number of aromatic hydroxyl groups is 1. The molecule has 1 aromatic heterocycles. The summed E-state index contributed by atoms with van der Waals surface area (Å²) in [5, 5.41) is 10.5. The lowest BCUT2D eigenvalue weighted by Gasteiger charge is -2.03. The fourth-order valence-electron chi connectivity index (χ4n) is 1.56. The molecule has 70 valence electrons. The van der Waals surface area contributed by atoms with E-state index in [1.807, 2.05) is 30.3 Å². The number of hydrogen-bond acceptors (Lipinski definition) is 2. The van der Waals surface area contributed by atoms with Gasteiger partial charge in [-0.2, -0.15) is 0 Å². The van der Waals surface area contributed by atoms with Crippen LogP contribution in [0.2, 0.25) is 0 Å². The predicted molar refractivity (Wildman–Crippen MR) is 57.3 cm³/mol. The van der Waals surface area contributed by atoms with Crippen LogP contribution in [-0.2, 0) is 6.42 Å². The molecule has 1 N–H and O–H groups in total. The Bertz CT molecular complexity index is 477. The number of fused-ring (bicyclic) bond motifs is 1. The first-order chi connectivity index (χ1) is 6.81. The summed E-state index contributed by atoms with van der Waals surface area (Å²) in [6, 6.07) is 9.45. The van der Waals surface area contributed by atoms with Crippen LogP contribution in [0.4, 0.5) is 0 Å². The molecule has 0 aliphatic heterocycles. The van der Waals surface area contributed by atoms with Crippen LogP contribution in [0.15, 0.2) is 43.0 Å². The molecular weight excluding hydrogens is 174 g/mol. The van der Waals surface area contributed by atoms with Crippen molar-refractivity contribution in [2.75, 3.05) is 0 Å². The summed E-state index contributed by atoms with van der Waals surface area (Å²) in [4.78, 5) is 4.04. The van der Waals surface area contributed by atoms with Crippen molar-refractivity contribution in [1.29, 1.82) is 0 Å². The third-order valence-electron chi connectivity index (χ3n) is 2.15. The van der Waals surface area contributed by atoms with Crippen LogP contribution in [0.1, 0.15) is 5.56 Å². The van der Waals surface area contributed by atoms with Gasteiger partial charge in [0.2, 0.25) is 5.88 Å². The highest BCUT2D eigenvalue weighted by Crippen LogP contribution is 2.21. The lowest BCUT2D eigenvalue weighted by atomic mass is 10.1. The summed E-state index contributed by atoms with van der Waals surface area (Å²) in [5.41, 5.74) is 1.88. The summed E-state index contributed by atoms with van der Waals surface area (Å²) < 4.78 is 0. The average molecular weight is 185 g/mol. The molecule has 2 rings (SSSR count). The van der Waals surface area contributed by atoms with Crippen molar-refractivity contribution in [3.63, 3.8) is 0 Å². The predicted octanol–water partition coefficient (Wildman–Crippen LogP) is 2.67. The topological polar surface area (TPSA) is 33.1 Å². The lowest BCUT2D eigenvalue weighted by Crippen LogP contribution is -1.87. The molecule has 0 aliphatic carbocycles. The largest absolute Gasteiger partial charge is 0.493 e. The molecule has 2 heteroatoms. The van der Waals surface area contributed by atoms with Gasteiger partial charge in [0.1, 0.15) is 0 Å². The third kappa shape index (κ3) is 1.46. The fraction of sp³-hybridized carbons (Fsp3) is 0.0833. The van der Waals surface area contributed by atoms with Crippen molar-refractivity contribution >= 4 is 10.9 Å². The van der Waals surface area contributed by atoms with Gasteiger partial charge in [-0.15, -0.1) is 6.58 Å². The van der Waals surface area contributed by atoms with Crippen molar-refractivity contribution < 1.29 is 5.11 Å². The Hall–Kier alpha value is -1.83.